The highest BCUT2D eigenvalue weighted by Gasteiger charge is 2.15. The van der Waals surface area contributed by atoms with E-state index in [0.29, 0.717) is 46.9 Å². The molecule has 0 spiro atoms. The Balaban J connectivity index is 2.36. The summed E-state index contributed by atoms with van der Waals surface area (Å²) in [7, 11) is 0. The van der Waals surface area contributed by atoms with Crippen molar-refractivity contribution in [1.82, 2.24) is 9.97 Å². The molecule has 0 saturated carbocycles. The zero-order valence-corrected chi connectivity index (χ0v) is 13.0. The van der Waals surface area contributed by atoms with E-state index in [9.17, 15) is 0 Å². The van der Waals surface area contributed by atoms with Crippen molar-refractivity contribution in [1.29, 1.82) is 5.26 Å². The fraction of sp³-hybridized carbons (Fsp3) is 0.267. The lowest BCUT2D eigenvalue weighted by Gasteiger charge is -2.14. The first kappa shape index (κ1) is 15.9. The Labute approximate surface area is 133 Å². The van der Waals surface area contributed by atoms with Gasteiger partial charge >= 0.3 is 0 Å². The number of halogens is 1. The van der Waals surface area contributed by atoms with E-state index in [2.05, 4.69) is 15.3 Å². The van der Waals surface area contributed by atoms with Gasteiger partial charge in [0.1, 0.15) is 6.33 Å². The van der Waals surface area contributed by atoms with Gasteiger partial charge in [-0.3, -0.25) is 0 Å². The summed E-state index contributed by atoms with van der Waals surface area (Å²) in [6.07, 6.45) is 1.38. The highest BCUT2D eigenvalue weighted by Crippen LogP contribution is 2.35. The van der Waals surface area contributed by atoms with Gasteiger partial charge in [-0.15, -0.1) is 0 Å². The van der Waals surface area contributed by atoms with Gasteiger partial charge in [0.25, 0.3) is 5.88 Å². The maximum Gasteiger partial charge on any atom is 0.262 e. The number of anilines is 2. The lowest BCUT2D eigenvalue weighted by atomic mass is 10.2. The van der Waals surface area contributed by atoms with Gasteiger partial charge in [-0.25, -0.2) is 4.98 Å². The van der Waals surface area contributed by atoms with E-state index in [0.717, 1.165) is 0 Å². The van der Waals surface area contributed by atoms with Crippen molar-refractivity contribution in [3.8, 4) is 17.7 Å². The van der Waals surface area contributed by atoms with Crippen LogP contribution in [0, 0.1) is 11.3 Å². The second kappa shape index (κ2) is 7.48. The van der Waals surface area contributed by atoms with Crippen LogP contribution in [0.5, 0.6) is 11.6 Å². The first-order valence-electron chi connectivity index (χ1n) is 6.76. The molecule has 1 aromatic heterocycles. The van der Waals surface area contributed by atoms with Gasteiger partial charge in [-0.1, -0.05) is 11.6 Å². The largest absolute Gasteiger partial charge is 0.486 e. The number of nitrogens with zero attached hydrogens (tertiary/aromatic N) is 3. The zero-order chi connectivity index (χ0) is 15.9. The van der Waals surface area contributed by atoms with E-state index >= 15 is 0 Å². The summed E-state index contributed by atoms with van der Waals surface area (Å²) in [6, 6.07) is 6.99. The van der Waals surface area contributed by atoms with E-state index < -0.39 is 0 Å². The molecule has 0 aliphatic heterocycles. The van der Waals surface area contributed by atoms with Gasteiger partial charge in [-0.2, -0.15) is 10.2 Å². The highest BCUT2D eigenvalue weighted by molar-refractivity contribution is 6.33. The van der Waals surface area contributed by atoms with Crippen LogP contribution in [0.4, 0.5) is 11.5 Å². The molecule has 0 radical (unpaired) electrons. The van der Waals surface area contributed by atoms with Gasteiger partial charge in [0.15, 0.2) is 5.82 Å². The second-order valence-corrected chi connectivity index (χ2v) is 4.56. The third kappa shape index (κ3) is 3.57. The van der Waals surface area contributed by atoms with Gasteiger partial charge in [-0.05, 0) is 32.0 Å². The summed E-state index contributed by atoms with van der Waals surface area (Å²) in [4.78, 5) is 8.23. The predicted octanol–water partition coefficient (Wildman–Crippen LogP) is 3.54. The third-order valence-corrected chi connectivity index (χ3v) is 3.00. The molecule has 2 aromatic rings. The SMILES string of the molecule is CCOc1ncnc(Nc2ccc(C#N)cc2Cl)c1OCC. The summed E-state index contributed by atoms with van der Waals surface area (Å²) in [6.45, 7) is 4.64. The second-order valence-electron chi connectivity index (χ2n) is 4.15. The third-order valence-electron chi connectivity index (χ3n) is 2.69. The normalized spacial score (nSPS) is 9.91. The Kier molecular flexibility index (Phi) is 5.39. The van der Waals surface area contributed by atoms with Crippen LogP contribution in [0.3, 0.4) is 0 Å². The maximum absolute atomic E-state index is 8.87. The Hall–Kier alpha value is -2.52. The van der Waals surface area contributed by atoms with Crippen LogP contribution in [-0.2, 0) is 0 Å². The molecule has 22 heavy (non-hydrogen) atoms. The molecule has 6 nitrogen and oxygen atoms in total. The molecule has 0 saturated heterocycles. The molecular weight excluding hydrogens is 304 g/mol. The van der Waals surface area contributed by atoms with Crippen LogP contribution >= 0.6 is 11.6 Å². The smallest absolute Gasteiger partial charge is 0.262 e. The minimum Gasteiger partial charge on any atom is -0.486 e. The molecule has 0 amide bonds. The van der Waals surface area contributed by atoms with Crippen molar-refractivity contribution >= 4 is 23.1 Å². The van der Waals surface area contributed by atoms with E-state index in [1.54, 1.807) is 18.2 Å². The van der Waals surface area contributed by atoms with E-state index in [1.165, 1.54) is 6.33 Å². The van der Waals surface area contributed by atoms with Crippen molar-refractivity contribution in [2.75, 3.05) is 18.5 Å². The lowest BCUT2D eigenvalue weighted by Crippen LogP contribution is -2.05. The van der Waals surface area contributed by atoms with Crippen molar-refractivity contribution < 1.29 is 9.47 Å². The quantitative estimate of drug-likeness (QED) is 0.877. The van der Waals surface area contributed by atoms with Gasteiger partial charge in [0.2, 0.25) is 5.75 Å². The molecule has 0 bridgehead atoms. The number of hydrogen-bond donors (Lipinski definition) is 1. The number of rotatable bonds is 6. The Bertz CT molecular complexity index is 700. The van der Waals surface area contributed by atoms with Gasteiger partial charge in [0.05, 0.1) is 35.6 Å². The summed E-state index contributed by atoms with van der Waals surface area (Å²) in [5, 5.41) is 12.4. The highest BCUT2D eigenvalue weighted by atomic mass is 35.5. The topological polar surface area (TPSA) is 80.1 Å². The monoisotopic (exact) mass is 318 g/mol. The number of ether oxygens (including phenoxy) is 2. The molecule has 2 rings (SSSR count). The van der Waals surface area contributed by atoms with Crippen molar-refractivity contribution in [2.45, 2.75) is 13.8 Å². The molecule has 1 heterocycles. The summed E-state index contributed by atoms with van der Waals surface area (Å²) in [5.41, 5.74) is 1.10. The number of nitriles is 1. The van der Waals surface area contributed by atoms with E-state index in [-0.39, 0.29) is 0 Å². The lowest BCUT2D eigenvalue weighted by molar-refractivity contribution is 0.278. The number of nitrogens with one attached hydrogen (secondary N) is 1. The fourth-order valence-electron chi connectivity index (χ4n) is 1.77. The van der Waals surface area contributed by atoms with Gasteiger partial charge < -0.3 is 14.8 Å². The minimum atomic E-state index is 0.367. The van der Waals surface area contributed by atoms with Crippen molar-refractivity contribution in [3.05, 3.63) is 35.1 Å². The molecule has 0 aliphatic carbocycles. The molecule has 1 N–H and O–H groups in total. The first-order valence-corrected chi connectivity index (χ1v) is 7.14. The van der Waals surface area contributed by atoms with Crippen LogP contribution in [0.2, 0.25) is 5.02 Å². The molecular formula is C15H15ClN4O2. The Morgan fingerprint density at radius 3 is 2.64 bits per heavy atom. The Morgan fingerprint density at radius 1 is 1.23 bits per heavy atom. The van der Waals surface area contributed by atoms with Crippen LogP contribution in [0.1, 0.15) is 19.4 Å². The molecule has 7 heteroatoms. The van der Waals surface area contributed by atoms with E-state index in [4.69, 9.17) is 26.3 Å². The van der Waals surface area contributed by atoms with E-state index in [1.807, 2.05) is 19.9 Å². The maximum atomic E-state index is 8.87. The number of benzene rings is 1. The summed E-state index contributed by atoms with van der Waals surface area (Å²) in [5.74, 6) is 1.24. The Morgan fingerprint density at radius 2 is 2.00 bits per heavy atom. The van der Waals surface area contributed by atoms with Crippen LogP contribution in [0.15, 0.2) is 24.5 Å². The summed E-state index contributed by atoms with van der Waals surface area (Å²) < 4.78 is 11.0. The molecule has 0 aliphatic rings. The fourth-order valence-corrected chi connectivity index (χ4v) is 2.00. The molecule has 0 unspecified atom stereocenters. The van der Waals surface area contributed by atoms with Crippen LogP contribution in [-0.4, -0.2) is 23.2 Å². The summed E-state index contributed by atoms with van der Waals surface area (Å²) >= 11 is 6.16. The van der Waals surface area contributed by atoms with Gasteiger partial charge in [0, 0.05) is 0 Å². The van der Waals surface area contributed by atoms with Crippen molar-refractivity contribution in [3.63, 3.8) is 0 Å². The van der Waals surface area contributed by atoms with Crippen molar-refractivity contribution in [2.24, 2.45) is 0 Å². The predicted molar refractivity (Wildman–Crippen MR) is 83.8 cm³/mol. The zero-order valence-electron chi connectivity index (χ0n) is 12.3. The number of hydrogen-bond acceptors (Lipinski definition) is 6. The molecule has 1 aromatic carbocycles. The first-order chi connectivity index (χ1) is 10.7. The average molecular weight is 319 g/mol. The molecule has 0 atom stereocenters. The van der Waals surface area contributed by atoms with Crippen LogP contribution < -0.4 is 14.8 Å². The molecule has 0 fully saturated rings. The average Bonchev–Trinajstić information content (AvgIpc) is 2.52. The number of aromatic nitrogens is 2. The van der Waals surface area contributed by atoms with Crippen LogP contribution in [0.25, 0.3) is 0 Å². The minimum absolute atomic E-state index is 0.367. The standard InChI is InChI=1S/C15H15ClN4O2/c1-3-21-13-14(18-9-19-15(13)22-4-2)20-12-6-5-10(8-17)7-11(12)16/h5-7,9H,3-4H2,1-2H3,(H,18,19,20). The molecule has 114 valence electrons.